The van der Waals surface area contributed by atoms with E-state index in [0.29, 0.717) is 6.07 Å². The molecule has 0 aliphatic carbocycles. The number of hydrogen-bond acceptors (Lipinski definition) is 2. The van der Waals surface area contributed by atoms with Gasteiger partial charge in [0.25, 0.3) is 0 Å². The van der Waals surface area contributed by atoms with Crippen LogP contribution in [0.25, 0.3) is 0 Å². The maximum atomic E-state index is 13.5. The molecule has 2 nitrogen and oxygen atoms in total. The molecule has 0 aliphatic heterocycles. The molecule has 2 rings (SSSR count). The maximum absolute atomic E-state index is 13.5. The van der Waals surface area contributed by atoms with Crippen LogP contribution in [0.3, 0.4) is 0 Å². The lowest BCUT2D eigenvalue weighted by Crippen LogP contribution is -2.04. The summed E-state index contributed by atoms with van der Waals surface area (Å²) in [5, 5.41) is 11.6. The van der Waals surface area contributed by atoms with Gasteiger partial charge in [-0.3, -0.25) is 0 Å². The molecule has 106 valence electrons. The SMILES string of the molecule is Oc1c(F)cc(CNc2c(F)cc(F)cc2Br)cc1F. The number of nitrogens with one attached hydrogen (secondary N) is 1. The molecule has 0 saturated heterocycles. The maximum Gasteiger partial charge on any atom is 0.187 e. The van der Waals surface area contributed by atoms with Crippen molar-refractivity contribution in [2.24, 2.45) is 0 Å². The van der Waals surface area contributed by atoms with Gasteiger partial charge in [0.15, 0.2) is 17.4 Å². The number of rotatable bonds is 3. The first-order chi connectivity index (χ1) is 9.38. The second kappa shape index (κ2) is 5.70. The van der Waals surface area contributed by atoms with Crippen molar-refractivity contribution in [1.82, 2.24) is 0 Å². The highest BCUT2D eigenvalue weighted by atomic mass is 79.9. The lowest BCUT2D eigenvalue weighted by Gasteiger charge is -2.10. The number of anilines is 1. The molecule has 0 radical (unpaired) electrons. The highest BCUT2D eigenvalue weighted by Gasteiger charge is 2.12. The average Bonchev–Trinajstić information content (AvgIpc) is 2.34. The van der Waals surface area contributed by atoms with Gasteiger partial charge in [-0.2, -0.15) is 0 Å². The fourth-order valence-electron chi connectivity index (χ4n) is 1.62. The molecular weight excluding hydrogens is 342 g/mol. The van der Waals surface area contributed by atoms with Gasteiger partial charge in [-0.25, -0.2) is 17.6 Å². The normalized spacial score (nSPS) is 10.7. The zero-order valence-corrected chi connectivity index (χ0v) is 11.4. The van der Waals surface area contributed by atoms with Crippen molar-refractivity contribution in [2.45, 2.75) is 6.54 Å². The summed E-state index contributed by atoms with van der Waals surface area (Å²) < 4.78 is 52.8. The highest BCUT2D eigenvalue weighted by molar-refractivity contribution is 9.10. The monoisotopic (exact) mass is 349 g/mol. The van der Waals surface area contributed by atoms with Crippen molar-refractivity contribution in [2.75, 3.05) is 5.32 Å². The number of phenols is 1. The van der Waals surface area contributed by atoms with Gasteiger partial charge in [0, 0.05) is 17.1 Å². The van der Waals surface area contributed by atoms with E-state index in [4.69, 9.17) is 5.11 Å². The van der Waals surface area contributed by atoms with Gasteiger partial charge in [0.05, 0.1) is 5.69 Å². The topological polar surface area (TPSA) is 32.3 Å². The third-order valence-electron chi connectivity index (χ3n) is 2.55. The summed E-state index contributed by atoms with van der Waals surface area (Å²) in [6.45, 7) is -0.102. The summed E-state index contributed by atoms with van der Waals surface area (Å²) in [5.41, 5.74) is 0.133. The zero-order valence-electron chi connectivity index (χ0n) is 9.85. The first-order valence-electron chi connectivity index (χ1n) is 5.44. The Kier molecular flexibility index (Phi) is 4.17. The zero-order chi connectivity index (χ0) is 14.9. The van der Waals surface area contributed by atoms with Crippen molar-refractivity contribution in [1.29, 1.82) is 0 Å². The molecule has 0 fully saturated rings. The van der Waals surface area contributed by atoms with Crippen LogP contribution < -0.4 is 5.32 Å². The minimum absolute atomic E-state index is 0.0275. The van der Waals surface area contributed by atoms with Crippen LogP contribution in [0.1, 0.15) is 5.56 Å². The van der Waals surface area contributed by atoms with E-state index < -0.39 is 29.0 Å². The summed E-state index contributed by atoms with van der Waals surface area (Å²) in [7, 11) is 0. The number of benzene rings is 2. The van der Waals surface area contributed by atoms with Crippen LogP contribution in [0.4, 0.5) is 23.2 Å². The molecule has 0 bridgehead atoms. The van der Waals surface area contributed by atoms with Gasteiger partial charge >= 0.3 is 0 Å². The minimum atomic E-state index is -1.11. The van der Waals surface area contributed by atoms with E-state index >= 15 is 0 Å². The summed E-state index contributed by atoms with van der Waals surface area (Å²) in [5.74, 6) is -4.87. The fourth-order valence-corrected chi connectivity index (χ4v) is 2.17. The predicted molar refractivity (Wildman–Crippen MR) is 69.4 cm³/mol. The van der Waals surface area contributed by atoms with E-state index in [0.717, 1.165) is 18.2 Å². The molecule has 0 spiro atoms. The van der Waals surface area contributed by atoms with E-state index in [-0.39, 0.29) is 22.3 Å². The van der Waals surface area contributed by atoms with Crippen LogP contribution in [-0.4, -0.2) is 5.11 Å². The average molecular weight is 350 g/mol. The van der Waals surface area contributed by atoms with Crippen LogP contribution in [0.15, 0.2) is 28.7 Å². The van der Waals surface area contributed by atoms with Gasteiger partial charge in [0.1, 0.15) is 11.6 Å². The number of phenolic OH excluding ortho intramolecular Hbond substituents is 1. The van der Waals surface area contributed by atoms with Crippen molar-refractivity contribution >= 4 is 21.6 Å². The second-order valence-corrected chi connectivity index (χ2v) is 4.86. The van der Waals surface area contributed by atoms with E-state index in [1.807, 2.05) is 0 Å². The van der Waals surface area contributed by atoms with Crippen molar-refractivity contribution in [3.63, 3.8) is 0 Å². The molecule has 0 amide bonds. The third-order valence-corrected chi connectivity index (χ3v) is 3.18. The Bertz CT molecular complexity index is 617. The Balaban J connectivity index is 2.21. The van der Waals surface area contributed by atoms with Gasteiger partial charge in [-0.1, -0.05) is 0 Å². The lowest BCUT2D eigenvalue weighted by atomic mass is 10.2. The molecule has 0 unspecified atom stereocenters. The standard InChI is InChI=1S/C13H8BrF4NO/c14-8-3-7(15)4-9(16)12(8)19-5-6-1-10(17)13(20)11(18)2-6/h1-4,19-20H,5H2. The van der Waals surface area contributed by atoms with Gasteiger partial charge in [0.2, 0.25) is 0 Å². The molecular formula is C13H8BrF4NO. The molecule has 0 aliphatic rings. The molecule has 0 atom stereocenters. The van der Waals surface area contributed by atoms with Gasteiger partial charge in [-0.15, -0.1) is 0 Å². The first-order valence-corrected chi connectivity index (χ1v) is 6.23. The summed E-state index contributed by atoms with van der Waals surface area (Å²) in [6, 6.07) is 3.58. The summed E-state index contributed by atoms with van der Waals surface area (Å²) in [4.78, 5) is 0. The third kappa shape index (κ3) is 3.04. The molecule has 2 aromatic rings. The van der Waals surface area contributed by atoms with E-state index in [9.17, 15) is 17.6 Å². The Morgan fingerprint density at radius 3 is 2.10 bits per heavy atom. The van der Waals surface area contributed by atoms with Crippen LogP contribution >= 0.6 is 15.9 Å². The van der Waals surface area contributed by atoms with Crippen LogP contribution in [0.2, 0.25) is 0 Å². The van der Waals surface area contributed by atoms with Crippen molar-refractivity contribution in [3.05, 3.63) is 57.6 Å². The second-order valence-electron chi connectivity index (χ2n) is 4.01. The Morgan fingerprint density at radius 1 is 0.950 bits per heavy atom. The molecule has 0 heterocycles. The predicted octanol–water partition coefficient (Wildman–Crippen LogP) is 4.32. The quantitative estimate of drug-likeness (QED) is 0.808. The van der Waals surface area contributed by atoms with Crippen molar-refractivity contribution < 1.29 is 22.7 Å². The van der Waals surface area contributed by atoms with Gasteiger partial charge in [-0.05, 0) is 39.7 Å². The van der Waals surface area contributed by atoms with E-state index in [1.54, 1.807) is 0 Å². The molecule has 7 heteroatoms. The van der Waals surface area contributed by atoms with E-state index in [2.05, 4.69) is 21.2 Å². The smallest absolute Gasteiger partial charge is 0.187 e. The number of aromatic hydroxyl groups is 1. The fraction of sp³-hybridized carbons (Fsp3) is 0.0769. The molecule has 0 saturated carbocycles. The molecule has 2 aromatic carbocycles. The number of hydrogen-bond donors (Lipinski definition) is 2. The van der Waals surface area contributed by atoms with Crippen LogP contribution in [-0.2, 0) is 6.54 Å². The molecule has 2 N–H and O–H groups in total. The van der Waals surface area contributed by atoms with E-state index in [1.165, 1.54) is 0 Å². The Hall–Kier alpha value is -1.76. The lowest BCUT2D eigenvalue weighted by molar-refractivity contribution is 0.395. The highest BCUT2D eigenvalue weighted by Crippen LogP contribution is 2.28. The minimum Gasteiger partial charge on any atom is -0.503 e. The molecule has 20 heavy (non-hydrogen) atoms. The van der Waals surface area contributed by atoms with Crippen LogP contribution in [0.5, 0.6) is 5.75 Å². The Morgan fingerprint density at radius 2 is 1.55 bits per heavy atom. The Labute approximate surface area is 120 Å². The molecule has 0 aromatic heterocycles. The summed E-state index contributed by atoms with van der Waals surface area (Å²) in [6.07, 6.45) is 0. The van der Waals surface area contributed by atoms with Crippen molar-refractivity contribution in [3.8, 4) is 5.75 Å². The largest absolute Gasteiger partial charge is 0.503 e. The van der Waals surface area contributed by atoms with Gasteiger partial charge < -0.3 is 10.4 Å². The summed E-state index contributed by atoms with van der Waals surface area (Å²) >= 11 is 2.98. The first kappa shape index (κ1) is 14.6. The number of halogens is 5. The van der Waals surface area contributed by atoms with Crippen LogP contribution in [0, 0.1) is 23.3 Å².